The van der Waals surface area contributed by atoms with E-state index in [-0.39, 0.29) is 60.8 Å². The molecule has 0 aromatic heterocycles. The van der Waals surface area contributed by atoms with Crippen molar-refractivity contribution in [3.05, 3.63) is 0 Å². The Balaban J connectivity index is 1.13. The highest BCUT2D eigenvalue weighted by molar-refractivity contribution is 8.76. The largest absolute Gasteiger partial charge is 0.464 e. The highest BCUT2D eigenvalue weighted by Crippen LogP contribution is 2.33. The van der Waals surface area contributed by atoms with E-state index in [1.165, 1.54) is 21.6 Å². The fraction of sp³-hybridized carbons (Fsp3) is 0.727. The number of hydrogen-bond donors (Lipinski definition) is 4. The van der Waals surface area contributed by atoms with Crippen molar-refractivity contribution in [2.75, 3.05) is 30.4 Å². The Hall–Kier alpha value is -2.22. The number of esters is 1. The summed E-state index contributed by atoms with van der Waals surface area (Å²) < 4.78 is 36.2. The highest BCUT2D eigenvalue weighted by Gasteiger charge is 2.48. The number of nitrogens with one attached hydrogen (secondary N) is 3. The van der Waals surface area contributed by atoms with Crippen LogP contribution in [0.25, 0.3) is 0 Å². The number of amides is 5. The molecule has 19 heteroatoms. The average Bonchev–Trinajstić information content (AvgIpc) is 3.54. The fourth-order valence-electron chi connectivity index (χ4n) is 4.22. The van der Waals surface area contributed by atoms with E-state index < -0.39 is 45.5 Å². The molecule has 4 N–H and O–H groups in total. The normalized spacial score (nSPS) is 23.6. The third-order valence-electron chi connectivity index (χ3n) is 6.25. The minimum absolute atomic E-state index is 0.0507. The SMILES string of the molecule is O=C(CCCC[C@@H]1SC[C@@H]2NC(=O)N[C@@H]21)NCCOC(=O)CCSSCCC(=O)ON1C(=O)C[C@@H](S(=O)(=O)O)C1=O. The number of hydrogen-bond acceptors (Lipinski definition) is 13. The number of nitrogens with zero attached hydrogens (tertiary/aromatic N) is 1. The molecule has 230 valence electrons. The Morgan fingerprint density at radius 1 is 1.05 bits per heavy atom. The lowest BCUT2D eigenvalue weighted by Crippen LogP contribution is -2.36. The fourth-order valence-corrected chi connectivity index (χ4v) is 8.41. The Morgan fingerprint density at radius 2 is 1.76 bits per heavy atom. The van der Waals surface area contributed by atoms with Gasteiger partial charge in [0.1, 0.15) is 6.61 Å². The van der Waals surface area contributed by atoms with E-state index in [2.05, 4.69) is 20.8 Å². The number of hydroxylamine groups is 2. The third kappa shape index (κ3) is 10.5. The second-order valence-corrected chi connectivity index (χ2v) is 14.9. The first-order valence-corrected chi connectivity index (χ1v) is 17.9. The molecule has 0 unspecified atom stereocenters. The molecule has 0 spiro atoms. The first kappa shape index (κ1) is 33.3. The number of fused-ring (bicyclic) bond motifs is 1. The van der Waals surface area contributed by atoms with Crippen molar-refractivity contribution in [2.24, 2.45) is 0 Å². The van der Waals surface area contributed by atoms with Gasteiger partial charge in [-0.25, -0.2) is 9.59 Å². The number of unbranched alkanes of at least 4 members (excludes halogenated alkanes) is 1. The van der Waals surface area contributed by atoms with Gasteiger partial charge in [-0.3, -0.25) is 23.7 Å². The summed E-state index contributed by atoms with van der Waals surface area (Å²) in [4.78, 5) is 75.2. The Bertz CT molecular complexity index is 1120. The van der Waals surface area contributed by atoms with Gasteiger partial charge in [0.05, 0.1) is 37.9 Å². The van der Waals surface area contributed by atoms with Crippen molar-refractivity contribution in [1.82, 2.24) is 21.0 Å². The first-order chi connectivity index (χ1) is 19.5. The van der Waals surface area contributed by atoms with Gasteiger partial charge in [-0.2, -0.15) is 20.2 Å². The summed E-state index contributed by atoms with van der Waals surface area (Å²) in [5.41, 5.74) is 0. The maximum absolute atomic E-state index is 12.0. The summed E-state index contributed by atoms with van der Waals surface area (Å²) in [6, 6.07) is 0.237. The molecule has 3 rings (SSSR count). The summed E-state index contributed by atoms with van der Waals surface area (Å²) in [7, 11) is -2.25. The summed E-state index contributed by atoms with van der Waals surface area (Å²) in [5, 5.41) is 7.00. The van der Waals surface area contributed by atoms with Gasteiger partial charge in [0.15, 0.2) is 5.25 Å². The van der Waals surface area contributed by atoms with Crippen LogP contribution >= 0.6 is 33.3 Å². The molecule has 3 heterocycles. The van der Waals surface area contributed by atoms with E-state index in [0.29, 0.717) is 17.4 Å². The first-order valence-electron chi connectivity index (χ1n) is 12.8. The minimum Gasteiger partial charge on any atom is -0.464 e. The van der Waals surface area contributed by atoms with Crippen molar-refractivity contribution in [3.8, 4) is 0 Å². The quantitative estimate of drug-likeness (QED) is 0.0405. The van der Waals surface area contributed by atoms with Gasteiger partial charge in [-0.05, 0) is 12.8 Å². The minimum atomic E-state index is -4.79. The summed E-state index contributed by atoms with van der Waals surface area (Å²) in [5.74, 6) is -2.32. The molecule has 0 aliphatic carbocycles. The molecular formula is C22H32N4O11S4. The molecule has 4 atom stereocenters. The van der Waals surface area contributed by atoms with Gasteiger partial charge >= 0.3 is 18.0 Å². The van der Waals surface area contributed by atoms with Crippen molar-refractivity contribution in [1.29, 1.82) is 0 Å². The van der Waals surface area contributed by atoms with Crippen LogP contribution in [0.5, 0.6) is 0 Å². The third-order valence-corrected chi connectivity index (χ3v) is 11.2. The lowest BCUT2D eigenvalue weighted by atomic mass is 10.0. The van der Waals surface area contributed by atoms with Crippen LogP contribution in [0.3, 0.4) is 0 Å². The zero-order valence-electron chi connectivity index (χ0n) is 21.9. The smallest absolute Gasteiger partial charge is 0.334 e. The predicted molar refractivity (Wildman–Crippen MR) is 150 cm³/mol. The topological polar surface area (TPSA) is 215 Å². The zero-order valence-corrected chi connectivity index (χ0v) is 25.2. The number of carbonyl (C=O) groups excluding carboxylic acids is 6. The van der Waals surface area contributed by atoms with Crippen molar-refractivity contribution < 1.29 is 51.3 Å². The van der Waals surface area contributed by atoms with Crippen molar-refractivity contribution >= 4 is 79.2 Å². The van der Waals surface area contributed by atoms with E-state index in [1.807, 2.05) is 11.8 Å². The summed E-state index contributed by atoms with van der Waals surface area (Å²) in [6.07, 6.45) is 2.04. The van der Waals surface area contributed by atoms with Crippen molar-refractivity contribution in [2.45, 2.75) is 67.5 Å². The Morgan fingerprint density at radius 3 is 2.44 bits per heavy atom. The van der Waals surface area contributed by atoms with E-state index in [4.69, 9.17) is 9.29 Å². The van der Waals surface area contributed by atoms with Gasteiger partial charge in [-0.1, -0.05) is 28.0 Å². The van der Waals surface area contributed by atoms with Gasteiger partial charge in [-0.15, -0.1) is 5.06 Å². The number of thioether (sulfide) groups is 1. The average molecular weight is 657 g/mol. The van der Waals surface area contributed by atoms with Crippen LogP contribution < -0.4 is 16.0 Å². The second-order valence-electron chi connectivity index (χ2n) is 9.28. The standard InChI is InChI=1S/C22H32N4O11S4/c27-16(4-2-1-3-14-20-13(12-38-14)24-22(32)25-20)23-7-8-36-18(29)5-9-39-40-10-6-19(30)37-26-17(28)11-15(21(26)31)41(33,34)35/h13-15,20H,1-12H2,(H,23,27)(H2,24,25,32)(H,33,34,35)/t13-,14-,15+,20-/m0/s1. The molecule has 3 aliphatic heterocycles. The zero-order chi connectivity index (χ0) is 30.0. The maximum Gasteiger partial charge on any atom is 0.334 e. The number of carbonyl (C=O) groups is 6. The summed E-state index contributed by atoms with van der Waals surface area (Å²) >= 11 is 1.84. The molecule has 3 aliphatic rings. The van der Waals surface area contributed by atoms with Gasteiger partial charge in [0.25, 0.3) is 21.9 Å². The number of rotatable bonds is 17. The van der Waals surface area contributed by atoms with Crippen LogP contribution in [0.1, 0.15) is 44.9 Å². The predicted octanol–water partition coefficient (Wildman–Crippen LogP) is 0.00670. The van der Waals surface area contributed by atoms with Crippen molar-refractivity contribution in [3.63, 3.8) is 0 Å². The van der Waals surface area contributed by atoms with Crippen LogP contribution in [-0.2, 0) is 43.7 Å². The van der Waals surface area contributed by atoms with Gasteiger partial charge < -0.3 is 25.5 Å². The maximum atomic E-state index is 12.0. The number of ether oxygens (including phenoxy) is 1. The Kier molecular flexibility index (Phi) is 12.9. The summed E-state index contributed by atoms with van der Waals surface area (Å²) in [6.45, 7) is 0.261. The monoisotopic (exact) mass is 656 g/mol. The van der Waals surface area contributed by atoms with Crippen LogP contribution in [-0.4, -0.2) is 107 Å². The molecule has 0 saturated carbocycles. The van der Waals surface area contributed by atoms with Crippen LogP contribution in [0, 0.1) is 0 Å². The molecule has 15 nitrogen and oxygen atoms in total. The molecule has 3 fully saturated rings. The van der Waals surface area contributed by atoms with E-state index >= 15 is 0 Å². The van der Waals surface area contributed by atoms with Crippen LogP contribution in [0.2, 0.25) is 0 Å². The molecule has 3 saturated heterocycles. The van der Waals surface area contributed by atoms with E-state index in [0.717, 1.165) is 25.0 Å². The second kappa shape index (κ2) is 15.9. The molecule has 5 amide bonds. The molecular weight excluding hydrogens is 625 g/mol. The molecule has 0 bridgehead atoms. The number of urea groups is 1. The number of imide groups is 1. The lowest BCUT2D eigenvalue weighted by molar-refractivity contribution is -0.197. The molecule has 0 aromatic carbocycles. The van der Waals surface area contributed by atoms with Gasteiger partial charge in [0, 0.05) is 28.9 Å². The lowest BCUT2D eigenvalue weighted by Gasteiger charge is -2.16. The van der Waals surface area contributed by atoms with E-state index in [1.54, 1.807) is 0 Å². The van der Waals surface area contributed by atoms with E-state index in [9.17, 15) is 37.2 Å². The molecule has 0 aromatic rings. The van der Waals surface area contributed by atoms with Gasteiger partial charge in [0.2, 0.25) is 5.91 Å². The molecule has 0 radical (unpaired) electrons. The van der Waals surface area contributed by atoms with Crippen LogP contribution in [0.15, 0.2) is 0 Å². The Labute approximate surface area is 248 Å². The van der Waals surface area contributed by atoms with Crippen LogP contribution in [0.4, 0.5) is 4.79 Å². The molecule has 41 heavy (non-hydrogen) atoms. The highest BCUT2D eigenvalue weighted by atomic mass is 33.1.